The number of hydrogen-bond acceptors (Lipinski definition) is 3. The van der Waals surface area contributed by atoms with Crippen LogP contribution in [0, 0.1) is 11.8 Å². The third-order valence-corrected chi connectivity index (χ3v) is 7.16. The second-order valence-corrected chi connectivity index (χ2v) is 8.68. The molecule has 150 valence electrons. The van der Waals surface area contributed by atoms with Gasteiger partial charge in [-0.2, -0.15) is 0 Å². The Morgan fingerprint density at radius 2 is 1.69 bits per heavy atom. The molecule has 29 heavy (non-hydrogen) atoms. The van der Waals surface area contributed by atoms with Gasteiger partial charge in [0.1, 0.15) is 6.61 Å². The fraction of sp³-hybridized carbons (Fsp3) is 0.417. The van der Waals surface area contributed by atoms with E-state index in [1.54, 1.807) is 0 Å². The molecular formula is C24H25NO4. The van der Waals surface area contributed by atoms with E-state index in [0.29, 0.717) is 5.92 Å². The number of fused-ring (bicyclic) bond motifs is 4. The number of carboxylic acids is 1. The molecule has 0 spiro atoms. The Bertz CT molecular complexity index is 925. The van der Waals surface area contributed by atoms with Crippen LogP contribution in [0.5, 0.6) is 0 Å². The summed E-state index contributed by atoms with van der Waals surface area (Å²) in [4.78, 5) is 24.1. The number of carboxylic acid groups (broad SMARTS) is 1. The van der Waals surface area contributed by atoms with E-state index < -0.39 is 17.6 Å². The van der Waals surface area contributed by atoms with Crippen LogP contribution >= 0.6 is 0 Å². The van der Waals surface area contributed by atoms with Crippen molar-refractivity contribution < 1.29 is 19.4 Å². The van der Waals surface area contributed by atoms with E-state index in [9.17, 15) is 14.7 Å². The van der Waals surface area contributed by atoms with Gasteiger partial charge >= 0.3 is 12.1 Å². The van der Waals surface area contributed by atoms with Gasteiger partial charge in [-0.3, -0.25) is 4.79 Å². The van der Waals surface area contributed by atoms with Crippen LogP contribution in [0.2, 0.25) is 0 Å². The first-order valence-electron chi connectivity index (χ1n) is 10.4. The monoisotopic (exact) mass is 391 g/mol. The van der Waals surface area contributed by atoms with Crippen molar-refractivity contribution in [1.29, 1.82) is 0 Å². The Hall–Kier alpha value is -2.82. The molecule has 0 bridgehead atoms. The zero-order chi connectivity index (χ0) is 20.0. The molecule has 3 atom stereocenters. The van der Waals surface area contributed by atoms with E-state index >= 15 is 0 Å². The SMILES string of the molecule is O=C(O)CC1(NC(=O)OCC2c3ccccc3-c3ccccc32)CC2CCCC21. The van der Waals surface area contributed by atoms with Crippen LogP contribution in [0.4, 0.5) is 4.79 Å². The Morgan fingerprint density at radius 1 is 1.03 bits per heavy atom. The second-order valence-electron chi connectivity index (χ2n) is 8.68. The van der Waals surface area contributed by atoms with Crippen molar-refractivity contribution in [2.24, 2.45) is 11.8 Å². The Morgan fingerprint density at radius 3 is 2.31 bits per heavy atom. The third kappa shape index (κ3) is 3.00. The number of alkyl carbamates (subject to hydrolysis) is 1. The van der Waals surface area contributed by atoms with Crippen LogP contribution in [0.3, 0.4) is 0 Å². The average molecular weight is 391 g/mol. The molecule has 5 nitrogen and oxygen atoms in total. The van der Waals surface area contributed by atoms with Crippen LogP contribution in [-0.4, -0.2) is 29.3 Å². The molecule has 2 aromatic carbocycles. The zero-order valence-corrected chi connectivity index (χ0v) is 16.3. The topological polar surface area (TPSA) is 75.6 Å². The number of hydrogen-bond donors (Lipinski definition) is 2. The highest BCUT2D eigenvalue weighted by Crippen LogP contribution is 2.55. The highest BCUT2D eigenvalue weighted by Gasteiger charge is 2.57. The van der Waals surface area contributed by atoms with Crippen molar-refractivity contribution in [1.82, 2.24) is 5.32 Å². The molecule has 5 rings (SSSR count). The second kappa shape index (κ2) is 6.90. The normalized spacial score (nSPS) is 26.8. The number of carbonyl (C=O) groups is 2. The molecule has 2 N–H and O–H groups in total. The van der Waals surface area contributed by atoms with Gasteiger partial charge in [-0.05, 0) is 53.4 Å². The Balaban J connectivity index is 1.30. The fourth-order valence-electron chi connectivity index (χ4n) is 5.97. The zero-order valence-electron chi connectivity index (χ0n) is 16.3. The summed E-state index contributed by atoms with van der Waals surface area (Å²) in [7, 11) is 0. The number of ether oxygens (including phenoxy) is 1. The van der Waals surface area contributed by atoms with Gasteiger partial charge in [-0.25, -0.2) is 4.79 Å². The van der Waals surface area contributed by atoms with Crippen LogP contribution in [0.15, 0.2) is 48.5 Å². The maximum atomic E-state index is 12.7. The smallest absolute Gasteiger partial charge is 0.407 e. The summed E-state index contributed by atoms with van der Waals surface area (Å²) in [6.07, 6.45) is 3.45. The number of amides is 1. The van der Waals surface area contributed by atoms with Crippen molar-refractivity contribution in [3.63, 3.8) is 0 Å². The quantitative estimate of drug-likeness (QED) is 0.784. The van der Waals surface area contributed by atoms with Crippen LogP contribution in [-0.2, 0) is 9.53 Å². The van der Waals surface area contributed by atoms with Gasteiger partial charge < -0.3 is 15.2 Å². The third-order valence-electron chi connectivity index (χ3n) is 7.16. The number of rotatable bonds is 5. The summed E-state index contributed by atoms with van der Waals surface area (Å²) in [5, 5.41) is 12.3. The van der Waals surface area contributed by atoms with Crippen molar-refractivity contribution in [2.75, 3.05) is 6.61 Å². The first-order valence-corrected chi connectivity index (χ1v) is 10.4. The largest absolute Gasteiger partial charge is 0.481 e. The summed E-state index contributed by atoms with van der Waals surface area (Å²) in [6.45, 7) is 0.247. The summed E-state index contributed by atoms with van der Waals surface area (Å²) in [6, 6.07) is 16.4. The molecule has 2 saturated carbocycles. The lowest BCUT2D eigenvalue weighted by Gasteiger charge is -2.52. The maximum absolute atomic E-state index is 12.7. The molecule has 0 radical (unpaired) electrons. The van der Waals surface area contributed by atoms with Crippen molar-refractivity contribution in [2.45, 2.75) is 43.6 Å². The standard InChI is InChI=1S/C24H25NO4/c26-22(27)13-24(12-15-6-5-11-21(15)24)25-23(28)29-14-20-18-9-3-1-7-16(18)17-8-2-4-10-19(17)20/h1-4,7-10,15,20-21H,5-6,11-14H2,(H,25,28)(H,26,27). The molecule has 0 heterocycles. The molecule has 0 aliphatic heterocycles. The van der Waals surface area contributed by atoms with E-state index in [0.717, 1.165) is 25.7 Å². The summed E-state index contributed by atoms with van der Waals surface area (Å²) < 4.78 is 5.66. The molecule has 2 fully saturated rings. The van der Waals surface area contributed by atoms with Gasteiger partial charge in [0.15, 0.2) is 0 Å². The first kappa shape index (κ1) is 18.2. The lowest BCUT2D eigenvalue weighted by atomic mass is 9.59. The molecule has 5 heteroatoms. The van der Waals surface area contributed by atoms with Crippen LogP contribution in [0.25, 0.3) is 11.1 Å². The predicted octanol–water partition coefficient (Wildman–Crippen LogP) is 4.56. The minimum atomic E-state index is -0.866. The number of benzene rings is 2. The number of nitrogens with one attached hydrogen (secondary N) is 1. The minimum Gasteiger partial charge on any atom is -0.481 e. The van der Waals surface area contributed by atoms with E-state index in [1.807, 2.05) is 24.3 Å². The van der Waals surface area contributed by atoms with Gasteiger partial charge in [0.2, 0.25) is 0 Å². The maximum Gasteiger partial charge on any atom is 0.407 e. The van der Waals surface area contributed by atoms with E-state index in [-0.39, 0.29) is 24.9 Å². The molecule has 0 saturated heterocycles. The van der Waals surface area contributed by atoms with Crippen molar-refractivity contribution in [3.05, 3.63) is 59.7 Å². The van der Waals surface area contributed by atoms with E-state index in [1.165, 1.54) is 22.3 Å². The lowest BCUT2D eigenvalue weighted by molar-refractivity contribution is -0.141. The molecule has 3 aliphatic carbocycles. The number of carbonyl (C=O) groups excluding carboxylic acids is 1. The van der Waals surface area contributed by atoms with E-state index in [2.05, 4.69) is 29.6 Å². The van der Waals surface area contributed by atoms with Gasteiger partial charge in [0, 0.05) is 5.92 Å². The molecule has 0 aromatic heterocycles. The molecule has 3 unspecified atom stereocenters. The van der Waals surface area contributed by atoms with Gasteiger partial charge in [-0.15, -0.1) is 0 Å². The molecule has 1 amide bonds. The van der Waals surface area contributed by atoms with Crippen molar-refractivity contribution >= 4 is 12.1 Å². The average Bonchev–Trinajstić information content (AvgIpc) is 3.24. The molecular weight excluding hydrogens is 366 g/mol. The van der Waals surface area contributed by atoms with Crippen molar-refractivity contribution in [3.8, 4) is 11.1 Å². The lowest BCUT2D eigenvalue weighted by Crippen LogP contribution is -2.63. The number of aliphatic carboxylic acids is 1. The molecule has 2 aromatic rings. The summed E-state index contributed by atoms with van der Waals surface area (Å²) in [5.74, 6) is -0.0548. The first-order chi connectivity index (χ1) is 14.1. The highest BCUT2D eigenvalue weighted by molar-refractivity contribution is 5.79. The van der Waals surface area contributed by atoms with E-state index in [4.69, 9.17) is 4.74 Å². The van der Waals surface area contributed by atoms with Gasteiger partial charge in [0.05, 0.1) is 12.0 Å². The highest BCUT2D eigenvalue weighted by atomic mass is 16.5. The summed E-state index contributed by atoms with van der Waals surface area (Å²) >= 11 is 0. The fourth-order valence-corrected chi connectivity index (χ4v) is 5.97. The van der Waals surface area contributed by atoms with Gasteiger partial charge in [0.25, 0.3) is 0 Å². The van der Waals surface area contributed by atoms with Gasteiger partial charge in [-0.1, -0.05) is 55.0 Å². The Labute approximate surface area is 170 Å². The molecule has 3 aliphatic rings. The predicted molar refractivity (Wildman–Crippen MR) is 109 cm³/mol. The Kier molecular flexibility index (Phi) is 4.34. The minimum absolute atomic E-state index is 0.00388. The van der Waals surface area contributed by atoms with Crippen LogP contribution < -0.4 is 5.32 Å². The van der Waals surface area contributed by atoms with Crippen LogP contribution in [0.1, 0.15) is 49.1 Å². The summed E-state index contributed by atoms with van der Waals surface area (Å²) in [5.41, 5.74) is 4.07.